The van der Waals surface area contributed by atoms with Crippen LogP contribution in [-0.2, 0) is 17.7 Å². The molecule has 0 atom stereocenters. The summed E-state index contributed by atoms with van der Waals surface area (Å²) in [4.78, 5) is 32.4. The van der Waals surface area contributed by atoms with Crippen molar-refractivity contribution in [1.29, 1.82) is 0 Å². The number of nitrogens with two attached hydrogens (primary N) is 1. The molecule has 0 saturated carbocycles. The fraction of sp³-hybridized carbons (Fsp3) is 0.417. The third-order valence-electron chi connectivity index (χ3n) is 6.32. The number of carbonyl (C=O) groups is 1. The zero-order valence-corrected chi connectivity index (χ0v) is 20.3. The largest absolute Gasteiger partial charge is 0.461 e. The Morgan fingerprint density at radius 3 is 2.56 bits per heavy atom. The maximum absolute atomic E-state index is 12.0. The molecule has 0 bridgehead atoms. The first-order chi connectivity index (χ1) is 16.5. The van der Waals surface area contributed by atoms with E-state index in [0.717, 1.165) is 67.9 Å². The maximum Gasteiger partial charge on any atom is 0.357 e. The quantitative estimate of drug-likeness (QED) is 0.554. The summed E-state index contributed by atoms with van der Waals surface area (Å²) in [7, 11) is 2.14. The van der Waals surface area contributed by atoms with Gasteiger partial charge in [0.05, 0.1) is 6.61 Å². The van der Waals surface area contributed by atoms with Gasteiger partial charge in [0.15, 0.2) is 5.69 Å². The number of nitrogens with zero attached hydrogens (tertiary/aromatic N) is 6. The average Bonchev–Trinajstić information content (AvgIpc) is 3.34. The Labute approximate surface area is 203 Å². The van der Waals surface area contributed by atoms with Gasteiger partial charge in [-0.05, 0) is 37.6 Å². The van der Waals surface area contributed by atoms with E-state index in [-0.39, 0.29) is 5.97 Å². The smallest absolute Gasteiger partial charge is 0.357 e. The highest BCUT2D eigenvalue weighted by atomic mass is 32.1. The number of rotatable bonds is 5. The summed E-state index contributed by atoms with van der Waals surface area (Å²) in [5.74, 6) is 1.67. The predicted octanol–water partition coefficient (Wildman–Crippen LogP) is 2.67. The highest BCUT2D eigenvalue weighted by Crippen LogP contribution is 2.31. The molecule has 10 heteroatoms. The molecule has 0 spiro atoms. The number of ether oxygens (including phenoxy) is 1. The molecule has 0 amide bonds. The van der Waals surface area contributed by atoms with E-state index in [2.05, 4.69) is 61.0 Å². The minimum atomic E-state index is -0.383. The summed E-state index contributed by atoms with van der Waals surface area (Å²) in [6, 6.07) is 8.47. The van der Waals surface area contributed by atoms with Crippen molar-refractivity contribution in [1.82, 2.24) is 19.9 Å². The van der Waals surface area contributed by atoms with E-state index in [9.17, 15) is 4.79 Å². The Kier molecular flexibility index (Phi) is 6.34. The van der Waals surface area contributed by atoms with E-state index in [0.29, 0.717) is 18.2 Å². The first kappa shape index (κ1) is 22.5. The lowest BCUT2D eigenvalue weighted by molar-refractivity contribution is 0.0520. The van der Waals surface area contributed by atoms with Gasteiger partial charge in [0.2, 0.25) is 5.95 Å². The fourth-order valence-electron chi connectivity index (χ4n) is 4.39. The number of nitrogen functional groups attached to an aromatic ring is 1. The number of piperazine rings is 1. The molecule has 2 aromatic heterocycles. The first-order valence-corrected chi connectivity index (χ1v) is 12.5. The number of thiazole rings is 1. The molecule has 4 heterocycles. The van der Waals surface area contributed by atoms with Crippen molar-refractivity contribution in [3.63, 3.8) is 0 Å². The van der Waals surface area contributed by atoms with E-state index in [1.165, 1.54) is 22.5 Å². The SMILES string of the molecule is CCOC(=O)c1csc(-c2ccc3c(c2)CN(c2cc(N4CCN(C)CC4)nc(N)n2)CC3)n1. The molecule has 0 aliphatic carbocycles. The van der Waals surface area contributed by atoms with Crippen LogP contribution in [0.3, 0.4) is 0 Å². The van der Waals surface area contributed by atoms with Crippen LogP contribution in [0, 0.1) is 0 Å². The first-order valence-electron chi connectivity index (χ1n) is 11.6. The molecule has 34 heavy (non-hydrogen) atoms. The average molecular weight is 480 g/mol. The van der Waals surface area contributed by atoms with Gasteiger partial charge in [-0.3, -0.25) is 0 Å². The molecule has 9 nitrogen and oxygen atoms in total. The van der Waals surface area contributed by atoms with Crippen LogP contribution in [-0.4, -0.2) is 72.2 Å². The van der Waals surface area contributed by atoms with Gasteiger partial charge in [0.1, 0.15) is 16.6 Å². The molecule has 5 rings (SSSR count). The molecular weight excluding hydrogens is 450 g/mol. The maximum atomic E-state index is 12.0. The second-order valence-corrected chi connectivity index (χ2v) is 9.50. The molecular formula is C24H29N7O2S. The third kappa shape index (κ3) is 4.69. The van der Waals surface area contributed by atoms with Gasteiger partial charge in [0, 0.05) is 56.3 Å². The number of likely N-dealkylation sites (N-methyl/N-ethyl adjacent to an activating group) is 1. The molecule has 2 aliphatic heterocycles. The van der Waals surface area contributed by atoms with Crippen LogP contribution in [0.25, 0.3) is 10.6 Å². The lowest BCUT2D eigenvalue weighted by atomic mass is 9.97. The van der Waals surface area contributed by atoms with Gasteiger partial charge in [0.25, 0.3) is 0 Å². The van der Waals surface area contributed by atoms with E-state index in [1.807, 2.05) is 0 Å². The van der Waals surface area contributed by atoms with Crippen LogP contribution < -0.4 is 15.5 Å². The van der Waals surface area contributed by atoms with Crippen molar-refractivity contribution in [2.24, 2.45) is 0 Å². The Balaban J connectivity index is 1.36. The molecule has 1 saturated heterocycles. The monoisotopic (exact) mass is 479 g/mol. The minimum Gasteiger partial charge on any atom is -0.461 e. The molecule has 0 radical (unpaired) electrons. The number of hydrogen-bond acceptors (Lipinski definition) is 10. The second kappa shape index (κ2) is 9.55. The third-order valence-corrected chi connectivity index (χ3v) is 7.21. The van der Waals surface area contributed by atoms with E-state index < -0.39 is 0 Å². The van der Waals surface area contributed by atoms with Gasteiger partial charge >= 0.3 is 5.97 Å². The summed E-state index contributed by atoms with van der Waals surface area (Å²) >= 11 is 1.45. The minimum absolute atomic E-state index is 0.306. The molecule has 2 N–H and O–H groups in total. The summed E-state index contributed by atoms with van der Waals surface area (Å²) in [5.41, 5.74) is 10.0. The van der Waals surface area contributed by atoms with Crippen LogP contribution in [0.2, 0.25) is 0 Å². The topological polar surface area (TPSA) is 101 Å². The molecule has 0 unspecified atom stereocenters. The molecule has 178 valence electrons. The van der Waals surface area contributed by atoms with E-state index in [1.54, 1.807) is 12.3 Å². The lowest BCUT2D eigenvalue weighted by Crippen LogP contribution is -2.45. The number of aromatic nitrogens is 3. The molecule has 1 aromatic carbocycles. The van der Waals surface area contributed by atoms with Crippen molar-refractivity contribution < 1.29 is 9.53 Å². The van der Waals surface area contributed by atoms with Crippen LogP contribution >= 0.6 is 11.3 Å². The zero-order valence-electron chi connectivity index (χ0n) is 19.5. The number of benzene rings is 1. The van der Waals surface area contributed by atoms with Gasteiger partial charge in [-0.25, -0.2) is 9.78 Å². The van der Waals surface area contributed by atoms with Crippen LogP contribution in [0.15, 0.2) is 29.6 Å². The van der Waals surface area contributed by atoms with Crippen molar-refractivity contribution in [2.75, 3.05) is 61.9 Å². The number of carbonyl (C=O) groups excluding carboxylic acids is 1. The van der Waals surface area contributed by atoms with Crippen molar-refractivity contribution in [3.8, 4) is 10.6 Å². The number of anilines is 3. The summed E-state index contributed by atoms with van der Waals surface area (Å²) < 4.78 is 5.07. The zero-order chi connectivity index (χ0) is 23.7. The number of fused-ring (bicyclic) bond motifs is 1. The Morgan fingerprint density at radius 1 is 1.03 bits per heavy atom. The predicted molar refractivity (Wildman–Crippen MR) is 134 cm³/mol. The van der Waals surface area contributed by atoms with Gasteiger partial charge in [-0.15, -0.1) is 11.3 Å². The van der Waals surface area contributed by atoms with Gasteiger partial charge in [-0.1, -0.05) is 12.1 Å². The fourth-order valence-corrected chi connectivity index (χ4v) is 5.18. The van der Waals surface area contributed by atoms with Gasteiger partial charge in [-0.2, -0.15) is 9.97 Å². The van der Waals surface area contributed by atoms with Crippen molar-refractivity contribution in [3.05, 3.63) is 46.5 Å². The highest BCUT2D eigenvalue weighted by Gasteiger charge is 2.22. The summed E-state index contributed by atoms with van der Waals surface area (Å²) in [6.07, 6.45) is 0.926. The van der Waals surface area contributed by atoms with E-state index >= 15 is 0 Å². The Morgan fingerprint density at radius 2 is 1.79 bits per heavy atom. The number of hydrogen-bond donors (Lipinski definition) is 1. The van der Waals surface area contributed by atoms with Crippen molar-refractivity contribution in [2.45, 2.75) is 19.9 Å². The van der Waals surface area contributed by atoms with Gasteiger partial charge < -0.3 is 25.2 Å². The van der Waals surface area contributed by atoms with E-state index in [4.69, 9.17) is 10.5 Å². The molecule has 2 aliphatic rings. The normalized spacial score (nSPS) is 16.4. The molecule has 1 fully saturated rings. The standard InChI is InChI=1S/C24H29N7O2S/c1-3-33-23(32)19-15-34-22(26-19)17-5-4-16-6-7-31(14-18(16)12-17)21-13-20(27-24(25)28-21)30-10-8-29(2)9-11-30/h4-5,12-13,15H,3,6-11,14H2,1-2H3,(H2,25,27,28). The van der Waals surface area contributed by atoms with Crippen LogP contribution in [0.4, 0.5) is 17.6 Å². The van der Waals surface area contributed by atoms with Crippen LogP contribution in [0.5, 0.6) is 0 Å². The van der Waals surface area contributed by atoms with Crippen LogP contribution in [0.1, 0.15) is 28.5 Å². The van der Waals surface area contributed by atoms with Crippen molar-refractivity contribution >= 4 is 34.9 Å². The number of esters is 1. The second-order valence-electron chi connectivity index (χ2n) is 8.65. The Hall–Kier alpha value is -3.24. The summed E-state index contributed by atoms with van der Waals surface area (Å²) in [6.45, 7) is 7.61. The Bertz CT molecular complexity index is 1190. The lowest BCUT2D eigenvalue weighted by Gasteiger charge is -2.34. The highest BCUT2D eigenvalue weighted by molar-refractivity contribution is 7.13. The molecule has 3 aromatic rings. The summed E-state index contributed by atoms with van der Waals surface area (Å²) in [5, 5.41) is 2.56.